The van der Waals surface area contributed by atoms with Gasteiger partial charge in [0, 0.05) is 24.2 Å². The molecule has 1 aromatic rings. The predicted octanol–water partition coefficient (Wildman–Crippen LogP) is 1.84. The highest BCUT2D eigenvalue weighted by Crippen LogP contribution is 2.29. The van der Waals surface area contributed by atoms with Crippen LogP contribution < -0.4 is 10.6 Å². The molecule has 82 valence electrons. The number of nitrogens with one attached hydrogen (secondary N) is 2. The van der Waals surface area contributed by atoms with Gasteiger partial charge in [0.05, 0.1) is 0 Å². The Morgan fingerprint density at radius 2 is 1.94 bits per heavy atom. The predicted molar refractivity (Wildman–Crippen MR) is 59.6 cm³/mol. The first-order valence-corrected chi connectivity index (χ1v) is 5.48. The van der Waals surface area contributed by atoms with Crippen LogP contribution in [0.1, 0.15) is 34.3 Å². The van der Waals surface area contributed by atoms with Gasteiger partial charge in [-0.25, -0.2) is 4.79 Å². The van der Waals surface area contributed by atoms with Crippen molar-refractivity contribution in [2.75, 3.05) is 5.32 Å². The van der Waals surface area contributed by atoms with E-state index in [0.29, 0.717) is 13.0 Å². The summed E-state index contributed by atoms with van der Waals surface area (Å²) < 4.78 is 0. The molecule has 0 spiro atoms. The van der Waals surface area contributed by atoms with Crippen LogP contribution in [0.2, 0.25) is 0 Å². The Morgan fingerprint density at radius 3 is 2.81 bits per heavy atom. The van der Waals surface area contributed by atoms with Gasteiger partial charge in [0.1, 0.15) is 0 Å². The number of Topliss-reactive ketones (excluding diaryl/α,β-unsaturated/α-hetero) is 1. The van der Waals surface area contributed by atoms with Crippen LogP contribution in [0.3, 0.4) is 0 Å². The lowest BCUT2D eigenvalue weighted by Gasteiger charge is -2.22. The van der Waals surface area contributed by atoms with Crippen LogP contribution in [-0.4, -0.2) is 11.8 Å². The van der Waals surface area contributed by atoms with Gasteiger partial charge in [-0.3, -0.25) is 4.79 Å². The van der Waals surface area contributed by atoms with E-state index >= 15 is 0 Å². The minimum absolute atomic E-state index is 0.192. The third-order valence-electron chi connectivity index (χ3n) is 3.17. The molecular formula is C12H12N2O2. The molecule has 0 unspecified atom stereocenters. The summed E-state index contributed by atoms with van der Waals surface area (Å²) in [5.74, 6) is 0.192. The number of anilines is 1. The number of carbonyl (C=O) groups excluding carboxylic acids is 2. The maximum absolute atomic E-state index is 11.7. The molecule has 0 saturated heterocycles. The number of ketones is 1. The molecule has 1 aliphatic carbocycles. The lowest BCUT2D eigenvalue weighted by atomic mass is 9.88. The van der Waals surface area contributed by atoms with Crippen molar-refractivity contribution in [1.82, 2.24) is 5.32 Å². The zero-order chi connectivity index (χ0) is 11.1. The Bertz CT molecular complexity index is 494. The van der Waals surface area contributed by atoms with E-state index in [0.717, 1.165) is 35.2 Å². The van der Waals surface area contributed by atoms with Crippen molar-refractivity contribution in [3.8, 4) is 0 Å². The van der Waals surface area contributed by atoms with Gasteiger partial charge in [0.15, 0.2) is 5.78 Å². The Hall–Kier alpha value is -1.84. The molecule has 0 radical (unpaired) electrons. The van der Waals surface area contributed by atoms with E-state index in [4.69, 9.17) is 0 Å². The average molecular weight is 216 g/mol. The van der Waals surface area contributed by atoms with Crippen molar-refractivity contribution in [2.24, 2.45) is 0 Å². The van der Waals surface area contributed by atoms with Gasteiger partial charge in [-0.2, -0.15) is 0 Å². The topological polar surface area (TPSA) is 58.2 Å². The van der Waals surface area contributed by atoms with E-state index in [1.54, 1.807) is 0 Å². The van der Waals surface area contributed by atoms with E-state index in [1.807, 2.05) is 12.1 Å². The molecule has 1 aliphatic heterocycles. The molecule has 3 rings (SSSR count). The summed E-state index contributed by atoms with van der Waals surface area (Å²) in [5.41, 5.74) is 3.74. The molecule has 16 heavy (non-hydrogen) atoms. The second kappa shape index (κ2) is 3.33. The molecule has 0 aromatic heterocycles. The molecule has 2 aliphatic rings. The molecule has 2 N–H and O–H groups in total. The zero-order valence-corrected chi connectivity index (χ0v) is 8.80. The SMILES string of the molecule is O=C1NCc2cc3c(cc2N1)C(=O)CCC3. The minimum atomic E-state index is -0.198. The highest BCUT2D eigenvalue weighted by molar-refractivity contribution is 6.01. The van der Waals surface area contributed by atoms with Crippen LogP contribution in [0.15, 0.2) is 12.1 Å². The van der Waals surface area contributed by atoms with Gasteiger partial charge < -0.3 is 10.6 Å². The van der Waals surface area contributed by atoms with Crippen LogP contribution in [0.4, 0.5) is 10.5 Å². The number of hydrogen-bond donors (Lipinski definition) is 2. The fourth-order valence-corrected chi connectivity index (χ4v) is 2.34. The van der Waals surface area contributed by atoms with Gasteiger partial charge in [0.25, 0.3) is 0 Å². The van der Waals surface area contributed by atoms with Crippen molar-refractivity contribution in [2.45, 2.75) is 25.8 Å². The van der Waals surface area contributed by atoms with Crippen LogP contribution in [0.5, 0.6) is 0 Å². The molecule has 0 atom stereocenters. The highest BCUT2D eigenvalue weighted by atomic mass is 16.2. The summed E-state index contributed by atoms with van der Waals surface area (Å²) in [7, 11) is 0. The number of hydrogen-bond acceptors (Lipinski definition) is 2. The minimum Gasteiger partial charge on any atom is -0.334 e. The van der Waals surface area contributed by atoms with E-state index in [-0.39, 0.29) is 11.8 Å². The van der Waals surface area contributed by atoms with Crippen molar-refractivity contribution in [3.05, 3.63) is 28.8 Å². The molecule has 4 nitrogen and oxygen atoms in total. The monoisotopic (exact) mass is 216 g/mol. The summed E-state index contributed by atoms with van der Waals surface area (Å²) in [6.07, 6.45) is 2.52. The molecule has 0 saturated carbocycles. The van der Waals surface area contributed by atoms with Crippen molar-refractivity contribution < 1.29 is 9.59 Å². The maximum atomic E-state index is 11.7. The summed E-state index contributed by atoms with van der Waals surface area (Å²) in [4.78, 5) is 22.9. The quantitative estimate of drug-likeness (QED) is 0.695. The van der Waals surface area contributed by atoms with E-state index < -0.39 is 0 Å². The third kappa shape index (κ3) is 1.38. The fourth-order valence-electron chi connectivity index (χ4n) is 2.34. The summed E-state index contributed by atoms with van der Waals surface area (Å²) in [6.45, 7) is 0.544. The number of fused-ring (bicyclic) bond motifs is 2. The lowest BCUT2D eigenvalue weighted by Crippen LogP contribution is -2.33. The molecule has 1 heterocycles. The van der Waals surface area contributed by atoms with Gasteiger partial charge in [0.2, 0.25) is 0 Å². The molecule has 4 heteroatoms. The standard InChI is InChI=1S/C12H12N2O2/c15-11-3-1-2-7-4-8-6-13-12(16)14-10(8)5-9(7)11/h4-5H,1-3,6H2,(H2,13,14,16). The van der Waals surface area contributed by atoms with Gasteiger partial charge in [-0.1, -0.05) is 6.07 Å². The summed E-state index contributed by atoms with van der Waals surface area (Å²) in [6, 6.07) is 3.66. The Morgan fingerprint density at radius 1 is 1.06 bits per heavy atom. The van der Waals surface area contributed by atoms with Crippen LogP contribution >= 0.6 is 0 Å². The van der Waals surface area contributed by atoms with Gasteiger partial charge in [-0.15, -0.1) is 0 Å². The molecule has 0 bridgehead atoms. The largest absolute Gasteiger partial charge is 0.334 e. The first-order valence-electron chi connectivity index (χ1n) is 5.48. The van der Waals surface area contributed by atoms with Gasteiger partial charge in [-0.05, 0) is 30.0 Å². The van der Waals surface area contributed by atoms with Crippen molar-refractivity contribution in [1.29, 1.82) is 0 Å². The first-order chi connectivity index (χ1) is 7.74. The summed E-state index contributed by atoms with van der Waals surface area (Å²) >= 11 is 0. The normalized spacial score (nSPS) is 18.2. The second-order valence-corrected chi connectivity index (χ2v) is 4.25. The molecule has 2 amide bonds. The maximum Gasteiger partial charge on any atom is 0.319 e. The first kappa shape index (κ1) is 9.39. The number of amides is 2. The number of rotatable bonds is 0. The Kier molecular flexibility index (Phi) is 1.96. The average Bonchev–Trinajstić information content (AvgIpc) is 2.28. The fraction of sp³-hybridized carbons (Fsp3) is 0.333. The van der Waals surface area contributed by atoms with Crippen LogP contribution in [0, 0.1) is 0 Å². The Labute approximate surface area is 93.0 Å². The van der Waals surface area contributed by atoms with E-state index in [2.05, 4.69) is 10.6 Å². The number of carbonyl (C=O) groups is 2. The third-order valence-corrected chi connectivity index (χ3v) is 3.17. The smallest absolute Gasteiger partial charge is 0.319 e. The van der Waals surface area contributed by atoms with Crippen LogP contribution in [0.25, 0.3) is 0 Å². The van der Waals surface area contributed by atoms with E-state index in [1.165, 1.54) is 0 Å². The van der Waals surface area contributed by atoms with Gasteiger partial charge >= 0.3 is 6.03 Å². The number of benzene rings is 1. The molecule has 1 aromatic carbocycles. The molecular weight excluding hydrogens is 204 g/mol. The Balaban J connectivity index is 2.11. The zero-order valence-electron chi connectivity index (χ0n) is 8.80. The number of aryl methyl sites for hydroxylation is 1. The number of urea groups is 1. The summed E-state index contributed by atoms with van der Waals surface area (Å²) in [5, 5.41) is 5.45. The highest BCUT2D eigenvalue weighted by Gasteiger charge is 2.22. The van der Waals surface area contributed by atoms with Crippen LogP contribution in [-0.2, 0) is 13.0 Å². The lowest BCUT2D eigenvalue weighted by molar-refractivity contribution is 0.0972. The van der Waals surface area contributed by atoms with E-state index in [9.17, 15) is 9.59 Å². The molecule has 0 fully saturated rings. The van der Waals surface area contributed by atoms with Crippen molar-refractivity contribution in [3.63, 3.8) is 0 Å². The van der Waals surface area contributed by atoms with Crippen molar-refractivity contribution >= 4 is 17.5 Å². The second-order valence-electron chi connectivity index (χ2n) is 4.25.